The summed E-state index contributed by atoms with van der Waals surface area (Å²) >= 11 is 5.59. The molecule has 2 N–H and O–H groups in total. The summed E-state index contributed by atoms with van der Waals surface area (Å²) in [4.78, 5) is 15.7. The third-order valence-electron chi connectivity index (χ3n) is 4.94. The second-order valence-corrected chi connectivity index (χ2v) is 6.87. The number of methoxy groups -OCH3 is 1. The Morgan fingerprint density at radius 1 is 1.36 bits per heavy atom. The zero-order valence-corrected chi connectivity index (χ0v) is 15.4. The number of rotatable bonds is 4. The van der Waals surface area contributed by atoms with Gasteiger partial charge in [0.1, 0.15) is 19.1 Å². The molecule has 6 nitrogen and oxygen atoms in total. The van der Waals surface area contributed by atoms with Crippen LogP contribution in [0.1, 0.15) is 11.1 Å². The van der Waals surface area contributed by atoms with Crippen LogP contribution < -0.4 is 10.2 Å². The number of nitrogens with one attached hydrogen (secondary N) is 2. The molecule has 7 heteroatoms. The summed E-state index contributed by atoms with van der Waals surface area (Å²) in [5.41, 5.74) is 2.40. The van der Waals surface area contributed by atoms with Gasteiger partial charge in [-0.05, 0) is 23.3 Å². The van der Waals surface area contributed by atoms with Crippen LogP contribution in [0.15, 0.2) is 24.3 Å². The summed E-state index contributed by atoms with van der Waals surface area (Å²) in [7, 11) is 1.43. The Labute approximate surface area is 154 Å². The summed E-state index contributed by atoms with van der Waals surface area (Å²) in [6.45, 7) is 6.15. The standard InChI is InChI=1S/C18H25N3O3S/c1-23-17(22)16-12-14-4-2-3-5-15(14)13-21(16)18(25)19-6-7-20-8-10-24-11-9-20/h2-5,16H,6-13H2,1H3,(H,19,25)/p+1/t16-/m0/s1. The van der Waals surface area contributed by atoms with Crippen molar-refractivity contribution in [3.8, 4) is 0 Å². The average molecular weight is 364 g/mol. The van der Waals surface area contributed by atoms with Crippen LogP contribution in [0.3, 0.4) is 0 Å². The summed E-state index contributed by atoms with van der Waals surface area (Å²) in [6.07, 6.45) is 0.624. The minimum Gasteiger partial charge on any atom is -0.467 e. The monoisotopic (exact) mass is 364 g/mol. The number of nitrogens with zero attached hydrogens (tertiary/aromatic N) is 1. The van der Waals surface area contributed by atoms with E-state index >= 15 is 0 Å². The number of carbonyl (C=O) groups excluding carboxylic acids is 1. The molecular weight excluding hydrogens is 338 g/mol. The summed E-state index contributed by atoms with van der Waals surface area (Å²) in [5.74, 6) is -0.238. The Balaban J connectivity index is 1.61. The van der Waals surface area contributed by atoms with Gasteiger partial charge in [-0.3, -0.25) is 0 Å². The van der Waals surface area contributed by atoms with Gasteiger partial charge < -0.3 is 24.6 Å². The Kier molecular flexibility index (Phi) is 6.23. The number of fused-ring (bicyclic) bond motifs is 1. The van der Waals surface area contributed by atoms with Crippen LogP contribution in [0.25, 0.3) is 0 Å². The van der Waals surface area contributed by atoms with Crippen LogP contribution in [0.2, 0.25) is 0 Å². The molecule has 0 unspecified atom stereocenters. The topological polar surface area (TPSA) is 55.2 Å². The molecule has 25 heavy (non-hydrogen) atoms. The van der Waals surface area contributed by atoms with E-state index in [1.54, 1.807) is 0 Å². The molecule has 0 saturated carbocycles. The number of quaternary nitrogens is 1. The number of ether oxygens (including phenoxy) is 2. The highest BCUT2D eigenvalue weighted by Gasteiger charge is 2.33. The van der Waals surface area contributed by atoms with Gasteiger partial charge in [0.15, 0.2) is 5.11 Å². The third kappa shape index (κ3) is 4.48. The van der Waals surface area contributed by atoms with Gasteiger partial charge in [-0.25, -0.2) is 4.79 Å². The molecule has 0 amide bonds. The lowest BCUT2D eigenvalue weighted by atomic mass is 9.94. The predicted molar refractivity (Wildman–Crippen MR) is 98.5 cm³/mol. The van der Waals surface area contributed by atoms with Gasteiger partial charge >= 0.3 is 5.97 Å². The van der Waals surface area contributed by atoms with Gasteiger partial charge in [-0.1, -0.05) is 24.3 Å². The Morgan fingerprint density at radius 2 is 2.08 bits per heavy atom. The predicted octanol–water partition coefficient (Wildman–Crippen LogP) is -0.624. The first-order valence-corrected chi connectivity index (χ1v) is 9.20. The van der Waals surface area contributed by atoms with Gasteiger partial charge in [-0.2, -0.15) is 0 Å². The van der Waals surface area contributed by atoms with E-state index in [-0.39, 0.29) is 12.0 Å². The second kappa shape index (κ2) is 8.60. The van der Waals surface area contributed by atoms with Crippen molar-refractivity contribution in [3.63, 3.8) is 0 Å². The zero-order valence-electron chi connectivity index (χ0n) is 14.6. The maximum absolute atomic E-state index is 12.2. The highest BCUT2D eigenvalue weighted by Crippen LogP contribution is 2.24. The van der Waals surface area contributed by atoms with Crippen LogP contribution >= 0.6 is 12.2 Å². The second-order valence-electron chi connectivity index (χ2n) is 6.48. The molecule has 0 aliphatic carbocycles. The molecule has 2 aliphatic rings. The largest absolute Gasteiger partial charge is 0.467 e. The fraction of sp³-hybridized carbons (Fsp3) is 0.556. The summed E-state index contributed by atoms with van der Waals surface area (Å²) in [5, 5.41) is 3.95. The van der Waals surface area contributed by atoms with Gasteiger partial charge in [0.05, 0.1) is 33.4 Å². The van der Waals surface area contributed by atoms with Crippen LogP contribution in [0, 0.1) is 0 Å². The third-order valence-corrected chi connectivity index (χ3v) is 5.32. The van der Waals surface area contributed by atoms with E-state index in [0.717, 1.165) is 39.4 Å². The molecule has 1 aromatic carbocycles. The number of esters is 1. The van der Waals surface area contributed by atoms with Gasteiger partial charge in [0.2, 0.25) is 0 Å². The number of benzene rings is 1. The Bertz CT molecular complexity index is 619. The van der Waals surface area contributed by atoms with Crippen LogP contribution in [0.4, 0.5) is 0 Å². The smallest absolute Gasteiger partial charge is 0.328 e. The van der Waals surface area contributed by atoms with Crippen LogP contribution in [-0.4, -0.2) is 68.5 Å². The summed E-state index contributed by atoms with van der Waals surface area (Å²) in [6, 6.07) is 7.82. The first kappa shape index (κ1) is 18.1. The molecule has 1 fully saturated rings. The molecule has 136 valence electrons. The molecule has 0 radical (unpaired) electrons. The number of morpholine rings is 1. The fourth-order valence-electron chi connectivity index (χ4n) is 3.44. The lowest BCUT2D eigenvalue weighted by molar-refractivity contribution is -0.906. The van der Waals surface area contributed by atoms with Gasteiger partial charge in [-0.15, -0.1) is 0 Å². The maximum Gasteiger partial charge on any atom is 0.328 e. The highest BCUT2D eigenvalue weighted by atomic mass is 32.1. The minimum atomic E-state index is -0.365. The number of hydrogen-bond acceptors (Lipinski definition) is 4. The minimum absolute atomic E-state index is 0.238. The van der Waals surface area contributed by atoms with Crippen molar-refractivity contribution in [2.45, 2.75) is 19.0 Å². The maximum atomic E-state index is 12.2. The van der Waals surface area contributed by atoms with E-state index < -0.39 is 0 Å². The van der Waals surface area contributed by atoms with Gasteiger partial charge in [0.25, 0.3) is 0 Å². The van der Waals surface area contributed by atoms with E-state index in [9.17, 15) is 4.79 Å². The van der Waals surface area contributed by atoms with Gasteiger partial charge in [0, 0.05) is 13.0 Å². The molecule has 0 spiro atoms. The quantitative estimate of drug-likeness (QED) is 0.549. The molecular formula is C18H26N3O3S+. The van der Waals surface area contributed by atoms with Crippen molar-refractivity contribution < 1.29 is 19.2 Å². The van der Waals surface area contributed by atoms with E-state index in [2.05, 4.69) is 17.4 Å². The van der Waals surface area contributed by atoms with Crippen LogP contribution in [-0.2, 0) is 27.2 Å². The van der Waals surface area contributed by atoms with E-state index in [4.69, 9.17) is 21.7 Å². The first-order chi connectivity index (χ1) is 12.2. The number of thiocarbonyl (C=S) groups is 1. The van der Waals surface area contributed by atoms with Crippen molar-refractivity contribution in [1.82, 2.24) is 10.2 Å². The normalized spacial score (nSPS) is 20.7. The van der Waals surface area contributed by atoms with Crippen LogP contribution in [0.5, 0.6) is 0 Å². The van der Waals surface area contributed by atoms with Crippen molar-refractivity contribution in [3.05, 3.63) is 35.4 Å². The fourth-order valence-corrected chi connectivity index (χ4v) is 3.73. The van der Waals surface area contributed by atoms with Crippen molar-refractivity contribution in [1.29, 1.82) is 0 Å². The SMILES string of the molecule is COC(=O)[C@@H]1Cc2ccccc2CN1C(=S)NCC[NH+]1CCOCC1. The number of carbonyl (C=O) groups is 1. The number of hydrogen-bond donors (Lipinski definition) is 2. The van der Waals surface area contributed by atoms with E-state index in [1.165, 1.54) is 23.1 Å². The van der Waals surface area contributed by atoms with Crippen molar-refractivity contribution in [2.75, 3.05) is 46.5 Å². The molecule has 2 heterocycles. The lowest BCUT2D eigenvalue weighted by Gasteiger charge is -2.37. The van der Waals surface area contributed by atoms with E-state index in [0.29, 0.717) is 18.1 Å². The molecule has 0 bridgehead atoms. The Morgan fingerprint density at radius 3 is 2.80 bits per heavy atom. The molecule has 0 aromatic heterocycles. The molecule has 1 saturated heterocycles. The lowest BCUT2D eigenvalue weighted by Crippen LogP contribution is -3.14. The van der Waals surface area contributed by atoms with Crippen molar-refractivity contribution in [2.24, 2.45) is 0 Å². The van der Waals surface area contributed by atoms with E-state index in [1.807, 2.05) is 17.0 Å². The molecule has 1 atom stereocenters. The zero-order chi connectivity index (χ0) is 17.6. The molecule has 2 aliphatic heterocycles. The average Bonchev–Trinajstić information content (AvgIpc) is 2.67. The first-order valence-electron chi connectivity index (χ1n) is 8.79. The van der Waals surface area contributed by atoms with Crippen molar-refractivity contribution >= 4 is 23.3 Å². The Hall–Kier alpha value is -1.70. The highest BCUT2D eigenvalue weighted by molar-refractivity contribution is 7.80. The summed E-state index contributed by atoms with van der Waals surface area (Å²) < 4.78 is 10.4. The molecule has 1 aromatic rings. The molecule has 3 rings (SSSR count).